The summed E-state index contributed by atoms with van der Waals surface area (Å²) in [5, 5.41) is -0.984. The minimum absolute atomic E-state index is 0. The Morgan fingerprint density at radius 2 is 1.27 bits per heavy atom. The SMILES string of the molecule is CC(C)(C)[C]1[CH][CH][CH][CH]1.O=C([S-])c1ccc(C(=O)Cl)cc1.[C-]#[O+].[C-]#[O+].[Fe+2]. The van der Waals surface area contributed by atoms with E-state index < -0.39 is 10.4 Å². The summed E-state index contributed by atoms with van der Waals surface area (Å²) in [7, 11) is 0. The van der Waals surface area contributed by atoms with Crippen LogP contribution in [0.1, 0.15) is 41.5 Å². The van der Waals surface area contributed by atoms with E-state index in [0.29, 0.717) is 16.5 Å². The molecule has 2 rings (SSSR count). The predicted molar refractivity (Wildman–Crippen MR) is 96.1 cm³/mol. The van der Waals surface area contributed by atoms with Gasteiger partial charge in [0.15, 0.2) is 0 Å². The van der Waals surface area contributed by atoms with Crippen molar-refractivity contribution in [2.45, 2.75) is 20.8 Å². The van der Waals surface area contributed by atoms with E-state index in [4.69, 9.17) is 20.9 Å². The Hall–Kier alpha value is -0.931. The van der Waals surface area contributed by atoms with Gasteiger partial charge >= 0.3 is 39.7 Å². The van der Waals surface area contributed by atoms with Gasteiger partial charge < -0.3 is 17.4 Å². The molecule has 7 heteroatoms. The van der Waals surface area contributed by atoms with Crippen LogP contribution in [0.4, 0.5) is 0 Å². The Morgan fingerprint density at radius 1 is 0.923 bits per heavy atom. The first-order valence-electron chi connectivity index (χ1n) is 6.86. The van der Waals surface area contributed by atoms with Crippen LogP contribution in [0.15, 0.2) is 24.3 Å². The molecular formula is C19H17ClFeO4S+. The molecule has 1 fully saturated rings. The molecule has 0 aromatic heterocycles. The summed E-state index contributed by atoms with van der Waals surface area (Å²) in [5.41, 5.74) is 1.08. The summed E-state index contributed by atoms with van der Waals surface area (Å²) in [6.07, 6.45) is 8.50. The van der Waals surface area contributed by atoms with Crippen molar-refractivity contribution < 1.29 is 36.0 Å². The van der Waals surface area contributed by atoms with Crippen molar-refractivity contribution in [3.8, 4) is 0 Å². The van der Waals surface area contributed by atoms with Crippen LogP contribution in [0.25, 0.3) is 0 Å². The molecule has 0 amide bonds. The maximum absolute atomic E-state index is 10.6. The molecule has 0 unspecified atom stereocenters. The molecule has 0 heterocycles. The number of benzene rings is 1. The van der Waals surface area contributed by atoms with Gasteiger partial charge in [-0.15, -0.1) is 0 Å². The van der Waals surface area contributed by atoms with Gasteiger partial charge in [0.05, 0.1) is 0 Å². The van der Waals surface area contributed by atoms with Crippen LogP contribution < -0.4 is 0 Å². The van der Waals surface area contributed by atoms with E-state index in [1.54, 1.807) is 0 Å². The normalized spacial score (nSPS) is 12.5. The molecule has 137 valence electrons. The van der Waals surface area contributed by atoms with Crippen LogP contribution >= 0.6 is 11.6 Å². The summed E-state index contributed by atoms with van der Waals surface area (Å²) in [6.45, 7) is 15.7. The third-order valence-corrected chi connectivity index (χ3v) is 3.33. The fourth-order valence-electron chi connectivity index (χ4n) is 1.61. The number of carbonyl (C=O) groups is 2. The van der Waals surface area contributed by atoms with Crippen LogP contribution in [0, 0.1) is 50.3 Å². The minimum Gasteiger partial charge on any atom is 2.00 e. The summed E-state index contributed by atoms with van der Waals surface area (Å²) >= 11 is 9.58. The number of carbonyl (C=O) groups excluding carboxylic acids is 2. The van der Waals surface area contributed by atoms with Crippen molar-refractivity contribution in [3.05, 3.63) is 80.3 Å². The Balaban J connectivity index is -0.000000338. The van der Waals surface area contributed by atoms with Gasteiger partial charge in [-0.2, -0.15) is 0 Å². The Bertz CT molecular complexity index is 532. The van der Waals surface area contributed by atoms with Crippen LogP contribution in [0.2, 0.25) is 0 Å². The topological polar surface area (TPSA) is 73.9 Å². The van der Waals surface area contributed by atoms with E-state index in [1.165, 1.54) is 30.2 Å². The van der Waals surface area contributed by atoms with Crippen molar-refractivity contribution in [1.82, 2.24) is 0 Å². The van der Waals surface area contributed by atoms with Crippen molar-refractivity contribution >= 4 is 34.6 Å². The second kappa shape index (κ2) is 16.3. The molecule has 1 aromatic rings. The smallest absolute Gasteiger partial charge is 2.00 e. The molecule has 1 aliphatic rings. The first-order valence-corrected chi connectivity index (χ1v) is 7.64. The van der Waals surface area contributed by atoms with Crippen molar-refractivity contribution in [2.24, 2.45) is 5.41 Å². The maximum atomic E-state index is 10.6. The van der Waals surface area contributed by atoms with Gasteiger partial charge in [-0.25, -0.2) is 0 Å². The molecule has 0 atom stereocenters. The molecule has 0 saturated heterocycles. The van der Waals surface area contributed by atoms with Gasteiger partial charge in [0.25, 0.3) is 5.24 Å². The van der Waals surface area contributed by atoms with Crippen molar-refractivity contribution in [1.29, 1.82) is 0 Å². The van der Waals surface area contributed by atoms with Gasteiger partial charge in [0.1, 0.15) is 0 Å². The summed E-state index contributed by atoms with van der Waals surface area (Å²) in [5.74, 6) is 1.42. The first-order chi connectivity index (χ1) is 11.7. The maximum Gasteiger partial charge on any atom is 2.00 e. The summed E-state index contributed by atoms with van der Waals surface area (Å²) < 4.78 is 15.0. The minimum atomic E-state index is -0.543. The molecular weight excluding hydrogens is 416 g/mol. The van der Waals surface area contributed by atoms with E-state index >= 15 is 0 Å². The van der Waals surface area contributed by atoms with Crippen molar-refractivity contribution in [2.75, 3.05) is 0 Å². The largest absolute Gasteiger partial charge is 2.00 e. The second-order valence-electron chi connectivity index (χ2n) is 5.56. The molecule has 1 aromatic carbocycles. The van der Waals surface area contributed by atoms with Crippen LogP contribution in [0.5, 0.6) is 0 Å². The predicted octanol–water partition coefficient (Wildman–Crippen LogP) is 4.11. The van der Waals surface area contributed by atoms with E-state index in [1.807, 2.05) is 0 Å². The first kappa shape index (κ1) is 29.8. The van der Waals surface area contributed by atoms with Crippen LogP contribution in [0.3, 0.4) is 0 Å². The summed E-state index contributed by atoms with van der Waals surface area (Å²) in [4.78, 5) is 21.2. The Labute approximate surface area is 176 Å². The second-order valence-corrected chi connectivity index (χ2v) is 6.28. The van der Waals surface area contributed by atoms with E-state index in [0.717, 1.165) is 0 Å². The Kier molecular flexibility index (Phi) is 18.6. The third kappa shape index (κ3) is 12.4. The quantitative estimate of drug-likeness (QED) is 0.232. The van der Waals surface area contributed by atoms with Gasteiger partial charge in [-0.05, 0) is 66.3 Å². The molecule has 0 spiro atoms. The zero-order chi connectivity index (χ0) is 20.0. The van der Waals surface area contributed by atoms with Gasteiger partial charge in [-0.3, -0.25) is 4.79 Å². The van der Waals surface area contributed by atoms with Gasteiger partial charge in [0, 0.05) is 10.7 Å². The standard InChI is InChI=1S/C9H13.C8H5ClO2S.2CO.Fe/c1-9(2,3)8-6-4-5-7-8;9-7(10)5-1-3-6(4-2-5)8(11)12;2*1-2;/h4-7H,1-3H3;1-4H,(H,11,12);;;/q;;;;+2/p-1. The average molecular weight is 433 g/mol. The molecule has 26 heavy (non-hydrogen) atoms. The zero-order valence-corrected chi connectivity index (χ0v) is 17.1. The molecule has 1 saturated carbocycles. The number of rotatable bonds is 2. The van der Waals surface area contributed by atoms with Crippen LogP contribution in [-0.2, 0) is 39.0 Å². The monoisotopic (exact) mass is 432 g/mol. The molecule has 1 aliphatic carbocycles. The van der Waals surface area contributed by atoms with Gasteiger partial charge in [0.2, 0.25) is 0 Å². The molecule has 4 nitrogen and oxygen atoms in total. The molecule has 0 N–H and O–H groups in total. The average Bonchev–Trinajstić information content (AvgIpc) is 3.14. The van der Waals surface area contributed by atoms with E-state index in [2.05, 4.69) is 72.4 Å². The van der Waals surface area contributed by atoms with Crippen LogP contribution in [-0.4, -0.2) is 10.4 Å². The number of hydrogen-bond donors (Lipinski definition) is 0. The van der Waals surface area contributed by atoms with E-state index in [-0.39, 0.29) is 17.1 Å². The Morgan fingerprint density at radius 3 is 1.50 bits per heavy atom. The fourth-order valence-corrected chi connectivity index (χ4v) is 1.87. The molecule has 0 aliphatic heterocycles. The van der Waals surface area contributed by atoms with E-state index in [9.17, 15) is 9.59 Å². The third-order valence-electron chi connectivity index (χ3n) is 2.88. The number of halogens is 1. The number of hydrogen-bond acceptors (Lipinski definition) is 3. The fraction of sp³-hybridized carbons (Fsp3) is 0.211. The summed E-state index contributed by atoms with van der Waals surface area (Å²) in [6, 6.07) is 5.89. The molecule has 0 bridgehead atoms. The van der Waals surface area contributed by atoms with Crippen molar-refractivity contribution in [3.63, 3.8) is 0 Å². The zero-order valence-electron chi connectivity index (χ0n) is 14.4. The molecule has 5 radical (unpaired) electrons. The van der Waals surface area contributed by atoms with Gasteiger partial charge in [-0.1, -0.05) is 32.9 Å².